The van der Waals surface area contributed by atoms with E-state index in [0.29, 0.717) is 60.0 Å². The molecule has 0 unspecified atom stereocenters. The first-order valence-electron chi connectivity index (χ1n) is 23.0. The van der Waals surface area contributed by atoms with E-state index in [1.54, 1.807) is 0 Å². The third-order valence-corrected chi connectivity index (χ3v) is 12.7. The van der Waals surface area contributed by atoms with Gasteiger partial charge in [0.05, 0.1) is 19.4 Å². The maximum Gasteiger partial charge on any atom is 0.166 e. The lowest BCUT2D eigenvalue weighted by Crippen LogP contribution is -2.08. The standard InChI is InChI=1S/C55H36N4S/c1-2-16-37(17-3-1)53-56-54(38-33-31-36(32-34-38)40-23-12-18-35-15-4-5-19-39(35)40)58-55(57-53)47-27-13-24-44(46-26-14-25-45-43-22-8-11-30-50(43)60-52(45)46)51(47)59-48-28-9-6-20-41(48)42-21-7-10-29-49(42)59/h1-9,11-28,30-34H,10,29H2/i8D,14D,22D,25D,26D,30D. The van der Waals surface area contributed by atoms with Gasteiger partial charge < -0.3 is 4.57 Å². The van der Waals surface area contributed by atoms with Crippen LogP contribution in [0.25, 0.3) is 110 Å². The zero-order chi connectivity index (χ0) is 44.8. The first-order valence-corrected chi connectivity index (χ1v) is 20.8. The maximum absolute atomic E-state index is 9.65. The second-order valence-corrected chi connectivity index (χ2v) is 16.0. The molecule has 8 aromatic carbocycles. The fourth-order valence-corrected chi connectivity index (χ4v) is 9.87. The highest BCUT2D eigenvalue weighted by Crippen LogP contribution is 2.46. The molecule has 0 aliphatic heterocycles. The molecule has 0 atom stereocenters. The summed E-state index contributed by atoms with van der Waals surface area (Å²) in [6.07, 6.45) is 5.94. The fourth-order valence-electron chi connectivity index (χ4n) is 8.77. The molecule has 1 aliphatic rings. The summed E-state index contributed by atoms with van der Waals surface area (Å²) in [6, 6.07) is 47.6. The SMILES string of the molecule is [2H]c1cc([2H])c2sc3c(-c4cccc(-c5nc(-c6ccccc6)nc(-c6ccc(-c7cccc8ccccc78)cc6)n5)c4-n4c5c(c6ccccc64)C=CCC5)c([2H])c([2H])c([2H])c3c2c1[2H]. The fraction of sp³-hybridized carbons (Fsp3) is 0.0364. The smallest absolute Gasteiger partial charge is 0.166 e. The number of hydrogen-bond donors (Lipinski definition) is 0. The minimum absolute atomic E-state index is 0.0677. The van der Waals surface area contributed by atoms with Gasteiger partial charge in [-0.05, 0) is 52.9 Å². The summed E-state index contributed by atoms with van der Waals surface area (Å²) in [7, 11) is 0. The summed E-state index contributed by atoms with van der Waals surface area (Å²) < 4.78 is 57.6. The number of allylic oxidation sites excluding steroid dienone is 1. The van der Waals surface area contributed by atoms with E-state index in [-0.39, 0.29) is 36.3 Å². The van der Waals surface area contributed by atoms with Crippen LogP contribution in [0.15, 0.2) is 188 Å². The molecule has 1 aliphatic carbocycles. The zero-order valence-corrected chi connectivity index (χ0v) is 32.9. The highest BCUT2D eigenvalue weighted by Gasteiger charge is 2.26. The quantitative estimate of drug-likeness (QED) is 0.168. The van der Waals surface area contributed by atoms with Crippen LogP contribution < -0.4 is 0 Å². The molecule has 0 spiro atoms. The normalized spacial score (nSPS) is 13.9. The molecular formula is C55H36N4S. The third kappa shape index (κ3) is 5.62. The first-order chi connectivity index (χ1) is 32.2. The van der Waals surface area contributed by atoms with Gasteiger partial charge in [-0.25, -0.2) is 15.0 Å². The van der Waals surface area contributed by atoms with Crippen molar-refractivity contribution in [3.8, 4) is 62.1 Å². The van der Waals surface area contributed by atoms with E-state index >= 15 is 0 Å². The first kappa shape index (κ1) is 28.9. The largest absolute Gasteiger partial charge is 0.312 e. The number of thiophene rings is 1. The lowest BCUT2D eigenvalue weighted by atomic mass is 9.96. The van der Waals surface area contributed by atoms with Gasteiger partial charge in [-0.2, -0.15) is 0 Å². The van der Waals surface area contributed by atoms with Crippen molar-refractivity contribution in [1.29, 1.82) is 0 Å². The number of rotatable bonds is 6. The molecule has 5 heteroatoms. The van der Waals surface area contributed by atoms with Crippen LogP contribution in [0.3, 0.4) is 0 Å². The van der Waals surface area contributed by atoms with Crippen molar-refractivity contribution in [3.63, 3.8) is 0 Å². The minimum atomic E-state index is -0.294. The van der Waals surface area contributed by atoms with Crippen molar-refractivity contribution in [2.45, 2.75) is 12.8 Å². The molecule has 4 nitrogen and oxygen atoms in total. The molecule has 0 radical (unpaired) electrons. The lowest BCUT2D eigenvalue weighted by Gasteiger charge is -2.21. The maximum atomic E-state index is 9.65. The average Bonchev–Trinajstić information content (AvgIpc) is 3.92. The van der Waals surface area contributed by atoms with Gasteiger partial charge >= 0.3 is 0 Å². The molecular weight excluding hydrogens is 749 g/mol. The zero-order valence-electron chi connectivity index (χ0n) is 38.1. The third-order valence-electron chi connectivity index (χ3n) is 11.5. The number of benzene rings is 8. The van der Waals surface area contributed by atoms with Crippen LogP contribution in [0.4, 0.5) is 0 Å². The van der Waals surface area contributed by atoms with Crippen LogP contribution in [-0.4, -0.2) is 19.5 Å². The van der Waals surface area contributed by atoms with Crippen molar-refractivity contribution in [3.05, 3.63) is 199 Å². The molecule has 60 heavy (non-hydrogen) atoms. The summed E-state index contributed by atoms with van der Waals surface area (Å²) in [6.45, 7) is 0. The van der Waals surface area contributed by atoms with E-state index in [4.69, 9.17) is 19.1 Å². The number of fused-ring (bicyclic) bond motifs is 7. The van der Waals surface area contributed by atoms with Gasteiger partial charge in [-0.15, -0.1) is 11.3 Å². The summed E-state index contributed by atoms with van der Waals surface area (Å²) in [5.74, 6) is 1.39. The summed E-state index contributed by atoms with van der Waals surface area (Å²) in [5, 5.41) is 4.00. The molecule has 0 saturated carbocycles. The molecule has 11 aromatic rings. The Balaban J connectivity index is 1.16. The monoisotopic (exact) mass is 790 g/mol. The molecule has 12 rings (SSSR count). The van der Waals surface area contributed by atoms with Crippen LogP contribution in [0.1, 0.15) is 25.9 Å². The Kier molecular flexibility index (Phi) is 6.79. The molecule has 0 fully saturated rings. The summed E-state index contributed by atoms with van der Waals surface area (Å²) in [4.78, 5) is 15.7. The average molecular weight is 791 g/mol. The molecule has 3 heterocycles. The molecule has 3 aromatic heterocycles. The summed E-state index contributed by atoms with van der Waals surface area (Å²) in [5.41, 5.74) is 9.37. The highest BCUT2D eigenvalue weighted by atomic mass is 32.1. The van der Waals surface area contributed by atoms with Gasteiger partial charge in [0, 0.05) is 64.6 Å². The Labute approximate surface area is 359 Å². The van der Waals surface area contributed by atoms with E-state index in [0.717, 1.165) is 57.3 Å². The highest BCUT2D eigenvalue weighted by molar-refractivity contribution is 7.26. The number of nitrogens with zero attached hydrogens (tertiary/aromatic N) is 4. The van der Waals surface area contributed by atoms with E-state index in [1.165, 1.54) is 28.2 Å². The van der Waals surface area contributed by atoms with Crippen molar-refractivity contribution >= 4 is 59.3 Å². The van der Waals surface area contributed by atoms with Crippen molar-refractivity contribution in [1.82, 2.24) is 19.5 Å². The number of para-hydroxylation sites is 2. The van der Waals surface area contributed by atoms with Gasteiger partial charge in [0.25, 0.3) is 0 Å². The molecule has 0 bridgehead atoms. The lowest BCUT2D eigenvalue weighted by molar-refractivity contribution is 0.889. The number of hydrogen-bond acceptors (Lipinski definition) is 4. The molecule has 0 N–H and O–H groups in total. The Hall–Kier alpha value is -7.47. The van der Waals surface area contributed by atoms with Gasteiger partial charge in [-0.3, -0.25) is 0 Å². The van der Waals surface area contributed by atoms with Crippen LogP contribution in [0, 0.1) is 0 Å². The Morgan fingerprint density at radius 2 is 1.18 bits per heavy atom. The second-order valence-electron chi connectivity index (χ2n) is 15.0. The number of aromatic nitrogens is 4. The minimum Gasteiger partial charge on any atom is -0.312 e. The topological polar surface area (TPSA) is 43.6 Å². The van der Waals surface area contributed by atoms with Crippen LogP contribution in [0.2, 0.25) is 0 Å². The van der Waals surface area contributed by atoms with Crippen molar-refractivity contribution in [2.75, 3.05) is 0 Å². The predicted octanol–water partition coefficient (Wildman–Crippen LogP) is 14.6. The summed E-state index contributed by atoms with van der Waals surface area (Å²) >= 11 is 1.23. The van der Waals surface area contributed by atoms with E-state index in [2.05, 4.69) is 95.6 Å². The molecule has 0 amide bonds. The van der Waals surface area contributed by atoms with Crippen molar-refractivity contribution < 1.29 is 8.22 Å². The van der Waals surface area contributed by atoms with Crippen LogP contribution >= 0.6 is 11.3 Å². The van der Waals surface area contributed by atoms with Crippen LogP contribution in [-0.2, 0) is 6.42 Å². The molecule has 0 saturated heterocycles. The van der Waals surface area contributed by atoms with Gasteiger partial charge in [0.1, 0.15) is 0 Å². The van der Waals surface area contributed by atoms with Gasteiger partial charge in [0.2, 0.25) is 0 Å². The van der Waals surface area contributed by atoms with E-state index < -0.39 is 0 Å². The Bertz CT molecular complexity index is 3840. The molecule has 282 valence electrons. The van der Waals surface area contributed by atoms with E-state index in [1.807, 2.05) is 60.7 Å². The Morgan fingerprint density at radius 3 is 2.07 bits per heavy atom. The van der Waals surface area contributed by atoms with Gasteiger partial charge in [0.15, 0.2) is 17.5 Å². The van der Waals surface area contributed by atoms with Crippen molar-refractivity contribution in [2.24, 2.45) is 0 Å². The van der Waals surface area contributed by atoms with E-state index in [9.17, 15) is 4.11 Å². The second kappa shape index (κ2) is 14.1. The van der Waals surface area contributed by atoms with Crippen LogP contribution in [0.5, 0.6) is 0 Å². The predicted molar refractivity (Wildman–Crippen MR) is 252 cm³/mol. The Morgan fingerprint density at radius 1 is 0.500 bits per heavy atom. The van der Waals surface area contributed by atoms with Gasteiger partial charge in [-0.1, -0.05) is 176 Å².